The van der Waals surface area contributed by atoms with Crippen LogP contribution in [0.5, 0.6) is 11.6 Å². The summed E-state index contributed by atoms with van der Waals surface area (Å²) in [6.45, 7) is 5.68. The minimum atomic E-state index is -0.410. The molecule has 1 aromatic carbocycles. The van der Waals surface area contributed by atoms with E-state index in [0.29, 0.717) is 5.88 Å². The maximum absolute atomic E-state index is 13.7. The molecule has 1 aromatic heterocycles. The van der Waals surface area contributed by atoms with Crippen LogP contribution >= 0.6 is 11.6 Å². The number of rotatable bonds is 3. The monoisotopic (exact) mass is 279 g/mol. The molecule has 2 rings (SSSR count). The molecule has 1 heterocycles. The average Bonchev–Trinajstić information content (AvgIpc) is 2.33. The molecular weight excluding hydrogens is 265 g/mol. The zero-order valence-electron chi connectivity index (χ0n) is 11.1. The number of halogens is 2. The molecule has 2 aromatic rings. The van der Waals surface area contributed by atoms with Crippen LogP contribution in [0.1, 0.15) is 22.4 Å². The number of benzene rings is 1. The fourth-order valence-electron chi connectivity index (χ4n) is 1.87. The largest absolute Gasteiger partial charge is 0.436 e. The van der Waals surface area contributed by atoms with Gasteiger partial charge in [-0.15, -0.1) is 11.6 Å². The minimum Gasteiger partial charge on any atom is -0.436 e. The fraction of sp³-hybridized carbons (Fsp3) is 0.267. The summed E-state index contributed by atoms with van der Waals surface area (Å²) in [6.07, 6.45) is 0. The number of pyridine rings is 1. The Morgan fingerprint density at radius 1 is 1.21 bits per heavy atom. The Balaban J connectivity index is 2.45. The van der Waals surface area contributed by atoms with E-state index in [4.69, 9.17) is 16.3 Å². The average molecular weight is 280 g/mol. The number of aryl methyl sites for hydroxylation is 3. The van der Waals surface area contributed by atoms with Gasteiger partial charge in [0, 0.05) is 11.3 Å². The van der Waals surface area contributed by atoms with E-state index in [-0.39, 0.29) is 11.6 Å². The SMILES string of the molecule is Cc1ccc(F)c(Oc2nc(C)cc(C)c2CCl)c1. The molecule has 0 bridgehead atoms. The molecule has 0 aliphatic carbocycles. The van der Waals surface area contributed by atoms with Crippen LogP contribution in [0.3, 0.4) is 0 Å². The molecule has 19 heavy (non-hydrogen) atoms. The van der Waals surface area contributed by atoms with E-state index in [1.54, 1.807) is 12.1 Å². The summed E-state index contributed by atoms with van der Waals surface area (Å²) in [5, 5.41) is 0. The van der Waals surface area contributed by atoms with Gasteiger partial charge < -0.3 is 4.74 Å². The van der Waals surface area contributed by atoms with Gasteiger partial charge in [-0.05, 0) is 50.1 Å². The van der Waals surface area contributed by atoms with Gasteiger partial charge in [-0.25, -0.2) is 9.37 Å². The van der Waals surface area contributed by atoms with Crippen LogP contribution in [0.2, 0.25) is 0 Å². The Morgan fingerprint density at radius 3 is 2.63 bits per heavy atom. The highest BCUT2D eigenvalue weighted by Crippen LogP contribution is 2.29. The lowest BCUT2D eigenvalue weighted by Crippen LogP contribution is -1.99. The van der Waals surface area contributed by atoms with Crippen molar-refractivity contribution in [2.45, 2.75) is 26.7 Å². The first-order valence-electron chi connectivity index (χ1n) is 5.98. The van der Waals surface area contributed by atoms with E-state index >= 15 is 0 Å². The van der Waals surface area contributed by atoms with Gasteiger partial charge in [-0.2, -0.15) is 0 Å². The Hall–Kier alpha value is -1.61. The summed E-state index contributed by atoms with van der Waals surface area (Å²) in [5.41, 5.74) is 3.52. The molecule has 100 valence electrons. The number of hydrogen-bond donors (Lipinski definition) is 0. The lowest BCUT2D eigenvalue weighted by molar-refractivity contribution is 0.422. The van der Waals surface area contributed by atoms with Crippen molar-refractivity contribution in [1.82, 2.24) is 4.98 Å². The van der Waals surface area contributed by atoms with Crippen molar-refractivity contribution >= 4 is 11.6 Å². The number of alkyl halides is 1. The van der Waals surface area contributed by atoms with Crippen LogP contribution in [0.15, 0.2) is 24.3 Å². The minimum absolute atomic E-state index is 0.170. The summed E-state index contributed by atoms with van der Waals surface area (Å²) in [6, 6.07) is 6.65. The van der Waals surface area contributed by atoms with E-state index in [9.17, 15) is 4.39 Å². The van der Waals surface area contributed by atoms with Crippen molar-refractivity contribution in [3.8, 4) is 11.6 Å². The molecular formula is C15H15ClFNO. The van der Waals surface area contributed by atoms with Crippen LogP contribution in [-0.4, -0.2) is 4.98 Å². The van der Waals surface area contributed by atoms with Gasteiger partial charge in [0.05, 0.1) is 5.88 Å². The normalized spacial score (nSPS) is 10.6. The lowest BCUT2D eigenvalue weighted by atomic mass is 10.1. The van der Waals surface area contributed by atoms with Crippen molar-refractivity contribution in [3.63, 3.8) is 0 Å². The zero-order valence-corrected chi connectivity index (χ0v) is 11.9. The van der Waals surface area contributed by atoms with Gasteiger partial charge in [0.25, 0.3) is 0 Å². The van der Waals surface area contributed by atoms with Crippen LogP contribution in [0.4, 0.5) is 4.39 Å². The molecule has 0 N–H and O–H groups in total. The number of ether oxygens (including phenoxy) is 1. The molecule has 0 atom stereocenters. The molecule has 0 aliphatic heterocycles. The van der Waals surface area contributed by atoms with Gasteiger partial charge in [0.2, 0.25) is 5.88 Å². The predicted octanol–water partition coefficient (Wildman–Crippen LogP) is 4.68. The predicted molar refractivity (Wildman–Crippen MR) is 74.5 cm³/mol. The van der Waals surface area contributed by atoms with Crippen molar-refractivity contribution in [3.05, 3.63) is 52.5 Å². The number of nitrogens with zero attached hydrogens (tertiary/aromatic N) is 1. The fourth-order valence-corrected chi connectivity index (χ4v) is 2.19. The molecule has 0 spiro atoms. The zero-order chi connectivity index (χ0) is 14.0. The maximum atomic E-state index is 13.7. The topological polar surface area (TPSA) is 22.1 Å². The smallest absolute Gasteiger partial charge is 0.224 e. The molecule has 0 saturated carbocycles. The summed E-state index contributed by atoms with van der Waals surface area (Å²) in [7, 11) is 0. The summed E-state index contributed by atoms with van der Waals surface area (Å²) < 4.78 is 19.3. The summed E-state index contributed by atoms with van der Waals surface area (Å²) in [4.78, 5) is 4.30. The Morgan fingerprint density at radius 2 is 1.95 bits per heavy atom. The standard InChI is InChI=1S/C15H15ClFNO/c1-9-4-5-13(17)14(6-9)19-15-12(8-16)10(2)7-11(3)18-15/h4-7H,8H2,1-3H3. The highest BCUT2D eigenvalue weighted by Gasteiger charge is 2.12. The number of aromatic nitrogens is 1. The van der Waals surface area contributed by atoms with Gasteiger partial charge in [0.1, 0.15) is 0 Å². The van der Waals surface area contributed by atoms with Gasteiger partial charge in [-0.1, -0.05) is 6.07 Å². The van der Waals surface area contributed by atoms with E-state index in [0.717, 1.165) is 22.4 Å². The molecule has 2 nitrogen and oxygen atoms in total. The van der Waals surface area contributed by atoms with E-state index in [2.05, 4.69) is 4.98 Å². The third-order valence-electron chi connectivity index (χ3n) is 2.86. The Labute approximate surface area is 117 Å². The van der Waals surface area contributed by atoms with Gasteiger partial charge >= 0.3 is 0 Å². The second-order valence-electron chi connectivity index (χ2n) is 4.53. The van der Waals surface area contributed by atoms with E-state index < -0.39 is 5.82 Å². The van der Waals surface area contributed by atoms with E-state index in [1.165, 1.54) is 6.07 Å². The van der Waals surface area contributed by atoms with Crippen LogP contribution in [0, 0.1) is 26.6 Å². The quantitative estimate of drug-likeness (QED) is 0.761. The van der Waals surface area contributed by atoms with E-state index in [1.807, 2.05) is 26.8 Å². The first kappa shape index (κ1) is 13.8. The molecule has 0 unspecified atom stereocenters. The highest BCUT2D eigenvalue weighted by atomic mass is 35.5. The molecule has 0 radical (unpaired) electrons. The Kier molecular flexibility index (Phi) is 4.05. The molecule has 0 amide bonds. The third-order valence-corrected chi connectivity index (χ3v) is 3.13. The Bertz CT molecular complexity index is 613. The summed E-state index contributed by atoms with van der Waals surface area (Å²) >= 11 is 5.91. The maximum Gasteiger partial charge on any atom is 0.224 e. The lowest BCUT2D eigenvalue weighted by Gasteiger charge is -2.12. The van der Waals surface area contributed by atoms with Crippen molar-refractivity contribution < 1.29 is 9.13 Å². The third kappa shape index (κ3) is 3.04. The first-order chi connectivity index (χ1) is 9.01. The molecule has 0 saturated heterocycles. The second kappa shape index (κ2) is 5.57. The number of hydrogen-bond acceptors (Lipinski definition) is 2. The second-order valence-corrected chi connectivity index (χ2v) is 4.80. The summed E-state index contributed by atoms with van der Waals surface area (Å²) in [5.74, 6) is 0.412. The molecule has 0 aliphatic rings. The first-order valence-corrected chi connectivity index (χ1v) is 6.52. The molecule has 4 heteroatoms. The van der Waals surface area contributed by atoms with Crippen LogP contribution in [0.25, 0.3) is 0 Å². The van der Waals surface area contributed by atoms with Gasteiger partial charge in [-0.3, -0.25) is 0 Å². The van der Waals surface area contributed by atoms with Gasteiger partial charge in [0.15, 0.2) is 11.6 Å². The van der Waals surface area contributed by atoms with Crippen molar-refractivity contribution in [2.24, 2.45) is 0 Å². The van der Waals surface area contributed by atoms with Crippen LogP contribution < -0.4 is 4.74 Å². The molecule has 0 fully saturated rings. The van der Waals surface area contributed by atoms with Crippen LogP contribution in [-0.2, 0) is 5.88 Å². The van der Waals surface area contributed by atoms with Crippen molar-refractivity contribution in [1.29, 1.82) is 0 Å². The van der Waals surface area contributed by atoms with Crippen molar-refractivity contribution in [2.75, 3.05) is 0 Å². The highest BCUT2D eigenvalue weighted by molar-refractivity contribution is 6.17.